The second kappa shape index (κ2) is 6.94. The highest BCUT2D eigenvalue weighted by Crippen LogP contribution is 2.32. The van der Waals surface area contributed by atoms with Crippen molar-refractivity contribution in [2.45, 2.75) is 39.2 Å². The van der Waals surface area contributed by atoms with E-state index in [1.54, 1.807) is 19.1 Å². The number of carbonyl (C=O) groups is 2. The number of piperidine rings is 1. The van der Waals surface area contributed by atoms with Gasteiger partial charge in [-0.25, -0.2) is 4.79 Å². The number of halogens is 1. The summed E-state index contributed by atoms with van der Waals surface area (Å²) < 4.78 is 5.16. The Morgan fingerprint density at radius 2 is 2.14 bits per heavy atom. The van der Waals surface area contributed by atoms with Crippen molar-refractivity contribution >= 4 is 29.0 Å². The van der Waals surface area contributed by atoms with Crippen LogP contribution in [0.15, 0.2) is 18.2 Å². The first-order chi connectivity index (χ1) is 10.0. The molecule has 0 spiro atoms. The Labute approximate surface area is 130 Å². The number of anilines is 1. The quantitative estimate of drug-likeness (QED) is 0.631. The van der Waals surface area contributed by atoms with Gasteiger partial charge >= 0.3 is 5.97 Å². The van der Waals surface area contributed by atoms with E-state index in [1.807, 2.05) is 11.0 Å². The van der Waals surface area contributed by atoms with Crippen LogP contribution in [-0.2, 0) is 9.53 Å². The van der Waals surface area contributed by atoms with E-state index < -0.39 is 0 Å². The molecular weight excluding hydrogens is 290 g/mol. The van der Waals surface area contributed by atoms with Crippen molar-refractivity contribution < 1.29 is 14.3 Å². The van der Waals surface area contributed by atoms with Crippen molar-refractivity contribution in [3.63, 3.8) is 0 Å². The minimum Gasteiger partial charge on any atom is -0.464 e. The molecule has 5 heteroatoms. The molecule has 1 atom stereocenters. The minimum atomic E-state index is -0.292. The van der Waals surface area contributed by atoms with Crippen molar-refractivity contribution in [2.75, 3.05) is 18.1 Å². The van der Waals surface area contributed by atoms with E-state index in [0.717, 1.165) is 31.5 Å². The summed E-state index contributed by atoms with van der Waals surface area (Å²) in [5, 5.41) is 0.499. The number of hydrogen-bond acceptors (Lipinski definition) is 4. The maximum Gasteiger partial charge on any atom is 0.328 e. The molecule has 1 aromatic carbocycles. The molecule has 1 saturated heterocycles. The average Bonchev–Trinajstić information content (AvgIpc) is 2.47. The van der Waals surface area contributed by atoms with Crippen LogP contribution in [0.3, 0.4) is 0 Å². The molecule has 1 aromatic rings. The SMILES string of the molecule is CCOC(=O)C1CCCCN1c1ccc(C(C)=O)cc1Cl. The van der Waals surface area contributed by atoms with Crippen LogP contribution in [0.2, 0.25) is 5.02 Å². The molecule has 114 valence electrons. The Morgan fingerprint density at radius 3 is 2.76 bits per heavy atom. The van der Waals surface area contributed by atoms with Gasteiger partial charge in [-0.2, -0.15) is 0 Å². The van der Waals surface area contributed by atoms with E-state index in [2.05, 4.69) is 0 Å². The van der Waals surface area contributed by atoms with Gasteiger partial charge < -0.3 is 9.64 Å². The van der Waals surface area contributed by atoms with Crippen LogP contribution >= 0.6 is 11.6 Å². The lowest BCUT2D eigenvalue weighted by Crippen LogP contribution is -2.45. The highest BCUT2D eigenvalue weighted by molar-refractivity contribution is 6.33. The van der Waals surface area contributed by atoms with Gasteiger partial charge in [-0.3, -0.25) is 4.79 Å². The van der Waals surface area contributed by atoms with Crippen molar-refractivity contribution in [3.8, 4) is 0 Å². The summed E-state index contributed by atoms with van der Waals surface area (Å²) in [6, 6.07) is 4.94. The normalized spacial score (nSPS) is 18.4. The average molecular weight is 310 g/mol. The Bertz CT molecular complexity index is 544. The van der Waals surface area contributed by atoms with Gasteiger partial charge in [0.1, 0.15) is 6.04 Å². The Morgan fingerprint density at radius 1 is 1.38 bits per heavy atom. The lowest BCUT2D eigenvalue weighted by molar-refractivity contribution is -0.145. The number of rotatable bonds is 4. The third-order valence-corrected chi connectivity index (χ3v) is 4.03. The summed E-state index contributed by atoms with van der Waals surface area (Å²) in [6.07, 6.45) is 2.79. The lowest BCUT2D eigenvalue weighted by Gasteiger charge is -2.36. The molecule has 1 aliphatic heterocycles. The fourth-order valence-electron chi connectivity index (χ4n) is 2.66. The van der Waals surface area contributed by atoms with Gasteiger partial charge in [0, 0.05) is 12.1 Å². The summed E-state index contributed by atoms with van der Waals surface area (Å²) in [5.41, 5.74) is 1.37. The molecular formula is C16H20ClNO3. The minimum absolute atomic E-state index is 0.0240. The molecule has 0 aliphatic carbocycles. The second-order valence-electron chi connectivity index (χ2n) is 5.18. The van der Waals surface area contributed by atoms with Gasteiger partial charge in [-0.1, -0.05) is 11.6 Å². The number of ketones is 1. The van der Waals surface area contributed by atoms with Crippen molar-refractivity contribution in [1.82, 2.24) is 0 Å². The lowest BCUT2D eigenvalue weighted by atomic mass is 10.0. The molecule has 0 aromatic heterocycles. The molecule has 0 N–H and O–H groups in total. The highest BCUT2D eigenvalue weighted by atomic mass is 35.5. The number of nitrogens with zero attached hydrogens (tertiary/aromatic N) is 1. The van der Waals surface area contributed by atoms with Crippen LogP contribution in [0.25, 0.3) is 0 Å². The zero-order valence-corrected chi connectivity index (χ0v) is 13.2. The van der Waals surface area contributed by atoms with Crippen LogP contribution in [0.5, 0.6) is 0 Å². The zero-order chi connectivity index (χ0) is 15.4. The smallest absolute Gasteiger partial charge is 0.328 e. The first kappa shape index (κ1) is 15.8. The van der Waals surface area contributed by atoms with Gasteiger partial charge in [0.05, 0.1) is 17.3 Å². The fourth-order valence-corrected chi connectivity index (χ4v) is 2.95. The van der Waals surface area contributed by atoms with E-state index in [0.29, 0.717) is 17.2 Å². The van der Waals surface area contributed by atoms with Gasteiger partial charge in [0.15, 0.2) is 5.78 Å². The van der Waals surface area contributed by atoms with Gasteiger partial charge in [0.2, 0.25) is 0 Å². The molecule has 0 amide bonds. The monoisotopic (exact) mass is 309 g/mol. The Hall–Kier alpha value is -1.55. The van der Waals surface area contributed by atoms with Crippen molar-refractivity contribution in [2.24, 2.45) is 0 Å². The van der Waals surface area contributed by atoms with Crippen LogP contribution in [0, 0.1) is 0 Å². The molecule has 1 fully saturated rings. The summed E-state index contributed by atoms with van der Waals surface area (Å²) in [6.45, 7) is 4.45. The number of Topliss-reactive ketones (excluding diaryl/α,β-unsaturated/α-hetero) is 1. The van der Waals surface area contributed by atoms with Crippen molar-refractivity contribution in [3.05, 3.63) is 28.8 Å². The molecule has 0 bridgehead atoms. The van der Waals surface area contributed by atoms with Crippen molar-refractivity contribution in [1.29, 1.82) is 0 Å². The largest absolute Gasteiger partial charge is 0.464 e. The zero-order valence-electron chi connectivity index (χ0n) is 12.4. The highest BCUT2D eigenvalue weighted by Gasteiger charge is 2.31. The standard InChI is InChI=1S/C16H20ClNO3/c1-3-21-16(20)15-6-4-5-9-18(15)14-8-7-12(11(2)19)10-13(14)17/h7-8,10,15H,3-6,9H2,1-2H3. The summed E-state index contributed by atoms with van der Waals surface area (Å²) in [4.78, 5) is 25.5. The second-order valence-corrected chi connectivity index (χ2v) is 5.59. The molecule has 1 aliphatic rings. The molecule has 2 rings (SSSR count). The van der Waals surface area contributed by atoms with Crippen LogP contribution in [-0.4, -0.2) is 30.9 Å². The van der Waals surface area contributed by atoms with Crippen LogP contribution in [0.4, 0.5) is 5.69 Å². The topological polar surface area (TPSA) is 46.6 Å². The number of esters is 1. The summed E-state index contributed by atoms with van der Waals surface area (Å²) >= 11 is 6.31. The summed E-state index contributed by atoms with van der Waals surface area (Å²) in [5.74, 6) is -0.229. The predicted octanol–water partition coefficient (Wildman–Crippen LogP) is 3.46. The van der Waals surface area contributed by atoms with E-state index >= 15 is 0 Å². The summed E-state index contributed by atoms with van der Waals surface area (Å²) in [7, 11) is 0. The Balaban J connectivity index is 2.29. The molecule has 0 radical (unpaired) electrons. The van der Waals surface area contributed by atoms with Crippen LogP contribution < -0.4 is 4.90 Å². The third-order valence-electron chi connectivity index (χ3n) is 3.73. The molecule has 0 saturated carbocycles. The van der Waals surface area contributed by atoms with E-state index in [9.17, 15) is 9.59 Å². The maximum absolute atomic E-state index is 12.1. The van der Waals surface area contributed by atoms with E-state index in [-0.39, 0.29) is 17.8 Å². The third kappa shape index (κ3) is 3.56. The number of hydrogen-bond donors (Lipinski definition) is 0. The van der Waals surface area contributed by atoms with E-state index in [1.165, 1.54) is 6.92 Å². The van der Waals surface area contributed by atoms with Gasteiger partial charge in [-0.15, -0.1) is 0 Å². The molecule has 4 nitrogen and oxygen atoms in total. The maximum atomic E-state index is 12.1. The Kier molecular flexibility index (Phi) is 5.23. The van der Waals surface area contributed by atoms with Crippen LogP contribution in [0.1, 0.15) is 43.5 Å². The van der Waals surface area contributed by atoms with E-state index in [4.69, 9.17) is 16.3 Å². The van der Waals surface area contributed by atoms with Gasteiger partial charge in [-0.05, 0) is 51.3 Å². The first-order valence-electron chi connectivity index (χ1n) is 7.28. The number of benzene rings is 1. The number of ether oxygens (including phenoxy) is 1. The number of carbonyl (C=O) groups excluding carboxylic acids is 2. The van der Waals surface area contributed by atoms with Gasteiger partial charge in [0.25, 0.3) is 0 Å². The predicted molar refractivity (Wildman–Crippen MR) is 83.1 cm³/mol. The first-order valence-corrected chi connectivity index (χ1v) is 7.66. The fraction of sp³-hybridized carbons (Fsp3) is 0.500. The molecule has 1 heterocycles. The molecule has 1 unspecified atom stereocenters. The molecule has 21 heavy (non-hydrogen) atoms.